The predicted octanol–water partition coefficient (Wildman–Crippen LogP) is 0.294. The smallest absolute Gasteiger partial charge is 0.112 e. The van der Waals surface area contributed by atoms with Crippen LogP contribution in [0.25, 0.3) is 0 Å². The van der Waals surface area contributed by atoms with Crippen LogP contribution >= 0.6 is 0 Å². The molecular weight excluding hydrogens is 396 g/mol. The predicted molar refractivity (Wildman–Crippen MR) is 133 cm³/mol. The van der Waals surface area contributed by atoms with Crippen molar-refractivity contribution in [3.63, 3.8) is 0 Å². The van der Waals surface area contributed by atoms with Crippen molar-refractivity contribution in [3.8, 4) is 0 Å². The number of nitrogen functional groups attached to an aromatic ring is 7. The zero-order valence-electron chi connectivity index (χ0n) is 17.0. The van der Waals surface area contributed by atoms with Crippen molar-refractivity contribution >= 4 is 77.0 Å². The van der Waals surface area contributed by atoms with Gasteiger partial charge in [-0.25, -0.2) is 0 Å². The van der Waals surface area contributed by atoms with Gasteiger partial charge in [-0.3, -0.25) is 15.0 Å². The average molecular weight is 425 g/mol. The summed E-state index contributed by atoms with van der Waals surface area (Å²) in [6.07, 6.45) is 0. The Labute approximate surface area is 179 Å². The van der Waals surface area contributed by atoms with Crippen molar-refractivity contribution in [2.75, 3.05) is 40.1 Å². The molecule has 1 aliphatic rings. The molecule has 0 spiro atoms. The lowest BCUT2D eigenvalue weighted by atomic mass is 9.59. The topological polar surface area (TPSA) is 271 Å². The molecule has 12 heteroatoms. The molecule has 31 heavy (non-hydrogen) atoms. The first-order valence-electron chi connectivity index (χ1n) is 9.22. The van der Waals surface area contributed by atoms with Crippen LogP contribution in [0.15, 0.2) is 15.0 Å². The summed E-state index contributed by atoms with van der Waals surface area (Å²) in [5.74, 6) is -0.961. The number of nitrogens with two attached hydrogens (primary N) is 9. The van der Waals surface area contributed by atoms with E-state index in [2.05, 4.69) is 35.1 Å². The van der Waals surface area contributed by atoms with Crippen LogP contribution in [-0.4, -0.2) is 32.2 Å². The Morgan fingerprint density at radius 3 is 1.32 bits per heavy atom. The van der Waals surface area contributed by atoms with Gasteiger partial charge in [0, 0.05) is 35.0 Å². The summed E-state index contributed by atoms with van der Waals surface area (Å²) >= 11 is 0. The molecule has 0 aliphatic heterocycles. The Hall–Kier alpha value is -4.03. The summed E-state index contributed by atoms with van der Waals surface area (Å²) in [5, 5.41) is 0. The number of nitrogens with zero attached hydrogens (tertiary/aromatic N) is 3. The second-order valence-electron chi connectivity index (χ2n) is 7.45. The van der Waals surface area contributed by atoms with Gasteiger partial charge in [0.15, 0.2) is 0 Å². The lowest BCUT2D eigenvalue weighted by molar-refractivity contribution is 0.236. The van der Waals surface area contributed by atoms with E-state index in [1.807, 2.05) is 0 Å². The largest absolute Gasteiger partial charge is 0.397 e. The monoisotopic (exact) mass is 424 g/mol. The average Bonchev–Trinajstić information content (AvgIpc) is 2.74. The molecule has 0 aromatic heterocycles. The molecule has 4 atom stereocenters. The molecule has 1 saturated carbocycles. The molecule has 18 N–H and O–H groups in total. The highest BCUT2D eigenvalue weighted by Crippen LogP contribution is 2.58. The molecule has 2 aromatic carbocycles. The summed E-state index contributed by atoms with van der Waals surface area (Å²) < 4.78 is 0. The van der Waals surface area contributed by atoms with Crippen LogP contribution in [0.1, 0.15) is 23.0 Å². The highest BCUT2D eigenvalue weighted by atomic mass is 14.9. The molecule has 0 bridgehead atoms. The van der Waals surface area contributed by atoms with Crippen LogP contribution in [0.4, 0.5) is 56.9 Å². The van der Waals surface area contributed by atoms with Crippen molar-refractivity contribution in [3.05, 3.63) is 11.1 Å². The van der Waals surface area contributed by atoms with Crippen molar-refractivity contribution in [2.45, 2.75) is 23.9 Å². The molecule has 1 fully saturated rings. The first-order chi connectivity index (χ1) is 14.5. The Morgan fingerprint density at radius 1 is 0.452 bits per heavy atom. The Balaban J connectivity index is 2.18. The van der Waals surface area contributed by atoms with Crippen molar-refractivity contribution < 1.29 is 0 Å². The second kappa shape index (κ2) is 7.34. The lowest BCUT2D eigenvalue weighted by Gasteiger charge is -2.50. The fraction of sp³-hybridized carbons (Fsp3) is 0.211. The fourth-order valence-electron chi connectivity index (χ4n) is 4.43. The van der Waals surface area contributed by atoms with Gasteiger partial charge in [-0.2, -0.15) is 0 Å². The zero-order chi connectivity index (χ0) is 23.4. The van der Waals surface area contributed by atoms with E-state index in [4.69, 9.17) is 51.6 Å². The van der Waals surface area contributed by atoms with Gasteiger partial charge in [0.25, 0.3) is 0 Å². The van der Waals surface area contributed by atoms with Crippen molar-refractivity contribution in [1.82, 2.24) is 0 Å². The van der Waals surface area contributed by atoms with Crippen LogP contribution in [0.5, 0.6) is 0 Å². The van der Waals surface area contributed by atoms with E-state index in [9.17, 15) is 0 Å². The number of anilines is 7. The minimum absolute atomic E-state index is 0.136. The van der Waals surface area contributed by atoms with Gasteiger partial charge in [-0.05, 0) is 20.2 Å². The molecule has 3 rings (SSSR count). The zero-order valence-corrected chi connectivity index (χ0v) is 17.0. The molecule has 12 nitrogen and oxygen atoms in total. The summed E-state index contributed by atoms with van der Waals surface area (Å²) in [7, 11) is 0. The van der Waals surface area contributed by atoms with Gasteiger partial charge in [0.1, 0.15) is 11.4 Å². The highest BCUT2D eigenvalue weighted by Gasteiger charge is 2.51. The highest BCUT2D eigenvalue weighted by molar-refractivity contribution is 5.99. The molecule has 0 heterocycles. The number of benzene rings is 2. The molecule has 0 saturated heterocycles. The third kappa shape index (κ3) is 2.73. The van der Waals surface area contributed by atoms with Gasteiger partial charge < -0.3 is 51.6 Å². The van der Waals surface area contributed by atoms with Gasteiger partial charge in [-0.15, -0.1) is 0 Å². The molecule has 0 radical (unpaired) electrons. The third-order valence-electron chi connectivity index (χ3n) is 6.07. The maximum Gasteiger partial charge on any atom is 0.112 e. The number of hydrogen-bond acceptors (Lipinski definition) is 12. The Bertz CT molecular complexity index is 1110. The summed E-state index contributed by atoms with van der Waals surface area (Å²) in [4.78, 5) is 11.7. The molecule has 164 valence electrons. The van der Waals surface area contributed by atoms with Crippen molar-refractivity contribution in [1.29, 1.82) is 0 Å². The SMILES string of the molecule is C=Nc1c(N)c(N)c(C2C(N)C(c3c(N)c(N)c(N)c(N=C)c3N)[C@@H]2N)c(N=C)c1N. The van der Waals surface area contributed by atoms with E-state index in [1.54, 1.807) is 0 Å². The standard InChI is InChI=1S/C19H28N12/c1-29-17-7(11(23)14(26)19(31-3)16(17)28)6-8(20)4(9(6)21)5-10(22)13(25)15(27)18(30-2)12(5)24/h4,6,8-9H,1-3,20-28H2/t4?,6?,8-,9?/m0/s1. The van der Waals surface area contributed by atoms with Crippen molar-refractivity contribution in [2.24, 2.45) is 26.4 Å². The number of hydrogen-bond donors (Lipinski definition) is 9. The van der Waals surface area contributed by atoms with E-state index < -0.39 is 23.9 Å². The summed E-state index contributed by atoms with van der Waals surface area (Å²) in [6.45, 7) is 10.5. The van der Waals surface area contributed by atoms with E-state index in [-0.39, 0.29) is 51.2 Å². The van der Waals surface area contributed by atoms with Crippen LogP contribution in [0, 0.1) is 0 Å². The maximum absolute atomic E-state index is 6.56. The van der Waals surface area contributed by atoms with Crippen LogP contribution < -0.4 is 51.6 Å². The van der Waals surface area contributed by atoms with Crippen LogP contribution in [-0.2, 0) is 0 Å². The maximum atomic E-state index is 6.56. The van der Waals surface area contributed by atoms with Crippen LogP contribution in [0.2, 0.25) is 0 Å². The van der Waals surface area contributed by atoms with Gasteiger partial charge >= 0.3 is 0 Å². The third-order valence-corrected chi connectivity index (χ3v) is 6.07. The van der Waals surface area contributed by atoms with E-state index in [1.165, 1.54) is 0 Å². The normalized spacial score (nSPS) is 22.5. The Morgan fingerprint density at radius 2 is 0.839 bits per heavy atom. The van der Waals surface area contributed by atoms with E-state index in [0.29, 0.717) is 16.8 Å². The van der Waals surface area contributed by atoms with E-state index >= 15 is 0 Å². The first-order valence-corrected chi connectivity index (χ1v) is 9.22. The molecule has 2 aromatic rings. The van der Waals surface area contributed by atoms with Gasteiger partial charge in [0.2, 0.25) is 0 Å². The quantitative estimate of drug-likeness (QED) is 0.235. The fourth-order valence-corrected chi connectivity index (χ4v) is 4.43. The first kappa shape index (κ1) is 21.7. The lowest BCUT2D eigenvalue weighted by Crippen LogP contribution is -2.61. The minimum Gasteiger partial charge on any atom is -0.397 e. The molecule has 3 unspecified atom stereocenters. The second-order valence-corrected chi connectivity index (χ2v) is 7.45. The number of rotatable bonds is 5. The minimum atomic E-state index is -0.579. The molecule has 1 aliphatic carbocycles. The molecule has 0 amide bonds. The molecular formula is C19H28N12. The summed E-state index contributed by atoms with van der Waals surface area (Å²) in [6, 6.07) is -1.16. The van der Waals surface area contributed by atoms with Gasteiger partial charge in [0.05, 0.1) is 45.5 Å². The van der Waals surface area contributed by atoms with Crippen LogP contribution in [0.3, 0.4) is 0 Å². The Kier molecular flexibility index (Phi) is 5.13. The van der Waals surface area contributed by atoms with E-state index in [0.717, 1.165) is 0 Å². The number of aliphatic imine (C=N–C) groups is 3. The summed E-state index contributed by atoms with van der Waals surface area (Å²) in [5.41, 5.74) is 59.2. The van der Waals surface area contributed by atoms with Gasteiger partial charge in [-0.1, -0.05) is 0 Å².